The number of fused-ring (bicyclic) bond motifs is 1. The third-order valence-corrected chi connectivity index (χ3v) is 5.50. The van der Waals surface area contributed by atoms with Crippen molar-refractivity contribution in [3.05, 3.63) is 48.0 Å². The monoisotopic (exact) mass is 344 g/mol. The first-order valence-electron chi connectivity index (χ1n) is 7.14. The van der Waals surface area contributed by atoms with E-state index in [2.05, 4.69) is 10.6 Å². The molecule has 23 heavy (non-hydrogen) atoms. The van der Waals surface area contributed by atoms with Gasteiger partial charge in [-0.1, -0.05) is 12.1 Å². The standard InChI is InChI=1S/C17H16N2O2S2/c1-10-16(20)19-13-9-11(7-8-15(13)23-10)17(21)18-12-5-3-4-6-14(12)22-2/h3-10H,1-2H3,(H,18,21)(H,19,20). The summed E-state index contributed by atoms with van der Waals surface area (Å²) in [6.07, 6.45) is 1.97. The molecule has 2 amide bonds. The lowest BCUT2D eigenvalue weighted by Crippen LogP contribution is -2.26. The Morgan fingerprint density at radius 2 is 2.04 bits per heavy atom. The van der Waals surface area contributed by atoms with Gasteiger partial charge in [0.2, 0.25) is 5.91 Å². The molecule has 0 bridgehead atoms. The molecule has 0 aromatic heterocycles. The Morgan fingerprint density at radius 3 is 2.83 bits per heavy atom. The predicted molar refractivity (Wildman–Crippen MR) is 96.6 cm³/mol. The van der Waals surface area contributed by atoms with Gasteiger partial charge in [0.05, 0.1) is 16.6 Å². The second-order valence-electron chi connectivity index (χ2n) is 5.11. The van der Waals surface area contributed by atoms with Crippen LogP contribution in [0.4, 0.5) is 11.4 Å². The summed E-state index contributed by atoms with van der Waals surface area (Å²) in [5.41, 5.74) is 2.01. The van der Waals surface area contributed by atoms with E-state index in [1.54, 1.807) is 23.9 Å². The number of amides is 2. The van der Waals surface area contributed by atoms with Crippen molar-refractivity contribution in [1.82, 2.24) is 0 Å². The molecule has 2 aromatic carbocycles. The average molecular weight is 344 g/mol. The van der Waals surface area contributed by atoms with Crippen molar-refractivity contribution in [1.29, 1.82) is 0 Å². The summed E-state index contributed by atoms with van der Waals surface area (Å²) >= 11 is 3.08. The van der Waals surface area contributed by atoms with Gasteiger partial charge in [-0.25, -0.2) is 0 Å². The van der Waals surface area contributed by atoms with Crippen LogP contribution in [0.15, 0.2) is 52.3 Å². The van der Waals surface area contributed by atoms with Crippen LogP contribution in [-0.4, -0.2) is 23.3 Å². The SMILES string of the molecule is CSc1ccccc1NC(=O)c1ccc2c(c1)NC(=O)C(C)S2. The summed E-state index contributed by atoms with van der Waals surface area (Å²) in [4.78, 5) is 26.2. The quantitative estimate of drug-likeness (QED) is 0.823. The molecular weight excluding hydrogens is 328 g/mol. The summed E-state index contributed by atoms with van der Waals surface area (Å²) in [7, 11) is 0. The average Bonchev–Trinajstić information content (AvgIpc) is 2.56. The molecule has 1 aliphatic heterocycles. The minimum Gasteiger partial charge on any atom is -0.324 e. The molecule has 4 nitrogen and oxygen atoms in total. The number of rotatable bonds is 3. The summed E-state index contributed by atoms with van der Waals surface area (Å²) in [6.45, 7) is 1.86. The van der Waals surface area contributed by atoms with Crippen LogP contribution in [0.1, 0.15) is 17.3 Å². The van der Waals surface area contributed by atoms with Gasteiger partial charge in [0, 0.05) is 15.4 Å². The fourth-order valence-electron chi connectivity index (χ4n) is 2.29. The first kappa shape index (κ1) is 16.0. The van der Waals surface area contributed by atoms with Gasteiger partial charge in [0.25, 0.3) is 5.91 Å². The maximum atomic E-state index is 12.5. The van der Waals surface area contributed by atoms with E-state index in [1.807, 2.05) is 43.5 Å². The normalized spacial score (nSPS) is 16.4. The van der Waals surface area contributed by atoms with E-state index in [0.29, 0.717) is 11.3 Å². The Labute approximate surface area is 143 Å². The highest BCUT2D eigenvalue weighted by Crippen LogP contribution is 2.36. The highest BCUT2D eigenvalue weighted by atomic mass is 32.2. The van der Waals surface area contributed by atoms with Crippen LogP contribution in [-0.2, 0) is 4.79 Å². The number of carbonyl (C=O) groups is 2. The molecule has 3 rings (SSSR count). The highest BCUT2D eigenvalue weighted by molar-refractivity contribution is 8.01. The van der Waals surface area contributed by atoms with Crippen molar-refractivity contribution >= 4 is 46.7 Å². The van der Waals surface area contributed by atoms with Crippen LogP contribution in [0.3, 0.4) is 0 Å². The zero-order valence-corrected chi connectivity index (χ0v) is 14.4. The number of hydrogen-bond acceptors (Lipinski definition) is 4. The van der Waals surface area contributed by atoms with Gasteiger partial charge in [-0.2, -0.15) is 0 Å². The van der Waals surface area contributed by atoms with E-state index in [0.717, 1.165) is 15.5 Å². The topological polar surface area (TPSA) is 58.2 Å². The van der Waals surface area contributed by atoms with Gasteiger partial charge < -0.3 is 10.6 Å². The Bertz CT molecular complexity index is 777. The van der Waals surface area contributed by atoms with E-state index in [9.17, 15) is 9.59 Å². The number of hydrogen-bond donors (Lipinski definition) is 2. The van der Waals surface area contributed by atoms with Crippen LogP contribution in [0, 0.1) is 0 Å². The van der Waals surface area contributed by atoms with Crippen LogP contribution in [0.2, 0.25) is 0 Å². The van der Waals surface area contributed by atoms with E-state index < -0.39 is 0 Å². The highest BCUT2D eigenvalue weighted by Gasteiger charge is 2.23. The van der Waals surface area contributed by atoms with Crippen molar-refractivity contribution in [3.8, 4) is 0 Å². The number of anilines is 2. The van der Waals surface area contributed by atoms with Crippen LogP contribution >= 0.6 is 23.5 Å². The zero-order chi connectivity index (χ0) is 16.4. The molecule has 1 unspecified atom stereocenters. The maximum Gasteiger partial charge on any atom is 0.255 e. The van der Waals surface area contributed by atoms with Gasteiger partial charge in [-0.15, -0.1) is 23.5 Å². The molecule has 0 saturated carbocycles. The van der Waals surface area contributed by atoms with Gasteiger partial charge in [-0.3, -0.25) is 9.59 Å². The van der Waals surface area contributed by atoms with E-state index in [1.165, 1.54) is 11.8 Å². The molecule has 0 spiro atoms. The summed E-state index contributed by atoms with van der Waals surface area (Å²) in [5, 5.41) is 5.66. The van der Waals surface area contributed by atoms with Gasteiger partial charge in [0.1, 0.15) is 0 Å². The van der Waals surface area contributed by atoms with Crippen LogP contribution in [0.25, 0.3) is 0 Å². The van der Waals surface area contributed by atoms with Crippen LogP contribution in [0.5, 0.6) is 0 Å². The molecule has 2 N–H and O–H groups in total. The summed E-state index contributed by atoms with van der Waals surface area (Å²) in [5.74, 6) is -0.222. The molecule has 2 aromatic rings. The molecule has 118 valence electrons. The van der Waals surface area contributed by atoms with Crippen LogP contribution < -0.4 is 10.6 Å². The van der Waals surface area contributed by atoms with Gasteiger partial charge >= 0.3 is 0 Å². The second-order valence-corrected chi connectivity index (χ2v) is 7.35. The molecule has 0 radical (unpaired) electrons. The smallest absolute Gasteiger partial charge is 0.255 e. The largest absolute Gasteiger partial charge is 0.324 e. The number of nitrogens with one attached hydrogen (secondary N) is 2. The molecule has 6 heteroatoms. The minimum absolute atomic E-state index is 0.0345. The van der Waals surface area contributed by atoms with Crippen molar-refractivity contribution in [3.63, 3.8) is 0 Å². The Kier molecular flexibility index (Phi) is 4.63. The number of carbonyl (C=O) groups excluding carboxylic acids is 2. The lowest BCUT2D eigenvalue weighted by Gasteiger charge is -2.21. The van der Waals surface area contributed by atoms with Gasteiger partial charge in [0.15, 0.2) is 0 Å². The Hall–Kier alpha value is -1.92. The molecule has 1 heterocycles. The van der Waals surface area contributed by atoms with Crippen molar-refractivity contribution in [2.45, 2.75) is 22.0 Å². The molecule has 0 aliphatic carbocycles. The Morgan fingerprint density at radius 1 is 1.26 bits per heavy atom. The van der Waals surface area contributed by atoms with Crippen molar-refractivity contribution in [2.75, 3.05) is 16.9 Å². The first-order valence-corrected chi connectivity index (χ1v) is 9.25. The molecule has 1 atom stereocenters. The fraction of sp³-hybridized carbons (Fsp3) is 0.176. The Balaban J connectivity index is 1.83. The number of thioether (sulfide) groups is 2. The first-order chi connectivity index (χ1) is 11.1. The lowest BCUT2D eigenvalue weighted by molar-refractivity contribution is -0.115. The van der Waals surface area contributed by atoms with E-state index >= 15 is 0 Å². The minimum atomic E-state index is -0.188. The van der Waals surface area contributed by atoms with Crippen molar-refractivity contribution in [2.24, 2.45) is 0 Å². The van der Waals surface area contributed by atoms with E-state index in [4.69, 9.17) is 0 Å². The fourth-order valence-corrected chi connectivity index (χ4v) is 3.78. The third kappa shape index (κ3) is 3.38. The molecule has 0 fully saturated rings. The van der Waals surface area contributed by atoms with E-state index in [-0.39, 0.29) is 17.1 Å². The third-order valence-electron chi connectivity index (χ3n) is 3.53. The zero-order valence-electron chi connectivity index (χ0n) is 12.8. The predicted octanol–water partition coefficient (Wildman–Crippen LogP) is 4.09. The summed E-state index contributed by atoms with van der Waals surface area (Å²) in [6, 6.07) is 13.1. The number of benzene rings is 2. The second kappa shape index (κ2) is 6.68. The van der Waals surface area contributed by atoms with Gasteiger partial charge in [-0.05, 0) is 43.5 Å². The molecular formula is C17H16N2O2S2. The maximum absolute atomic E-state index is 12.5. The summed E-state index contributed by atoms with van der Waals surface area (Å²) < 4.78 is 0. The molecule has 1 aliphatic rings. The lowest BCUT2D eigenvalue weighted by atomic mass is 10.1. The molecule has 0 saturated heterocycles. The van der Waals surface area contributed by atoms with Crippen molar-refractivity contribution < 1.29 is 9.59 Å². The number of para-hydroxylation sites is 1.